The van der Waals surface area contributed by atoms with Crippen LogP contribution in [0.5, 0.6) is 0 Å². The van der Waals surface area contributed by atoms with Crippen molar-refractivity contribution < 1.29 is 9.53 Å². The topological polar surface area (TPSA) is 83.8 Å². The van der Waals surface area contributed by atoms with Crippen LogP contribution in [-0.4, -0.2) is 51.5 Å². The Morgan fingerprint density at radius 2 is 1.97 bits per heavy atom. The fourth-order valence-corrected chi connectivity index (χ4v) is 4.72. The number of carbonyl (C=O) groups excluding carboxylic acids is 1. The minimum Gasteiger partial charge on any atom is -0.379 e. The molecule has 0 bridgehead atoms. The Balaban J connectivity index is 1.28. The molecule has 3 aromatic heterocycles. The van der Waals surface area contributed by atoms with Crippen LogP contribution in [0.4, 0.5) is 11.5 Å². The van der Waals surface area contributed by atoms with Crippen molar-refractivity contribution in [2.24, 2.45) is 0 Å². The van der Waals surface area contributed by atoms with Gasteiger partial charge in [0.15, 0.2) is 0 Å². The van der Waals surface area contributed by atoms with E-state index in [0.29, 0.717) is 17.9 Å². The van der Waals surface area contributed by atoms with Gasteiger partial charge in [-0.25, -0.2) is 9.97 Å². The summed E-state index contributed by atoms with van der Waals surface area (Å²) in [5.41, 5.74) is 7.59. The lowest BCUT2D eigenvalue weighted by atomic mass is 9.99. The molecule has 0 saturated carbocycles. The molecule has 4 aromatic rings. The number of aryl methyl sites for hydroxylation is 1. The molecule has 0 aliphatic carbocycles. The van der Waals surface area contributed by atoms with Crippen molar-refractivity contribution in [1.29, 1.82) is 0 Å². The molecule has 0 atom stereocenters. The Kier molecular flexibility index (Phi) is 5.24. The molecule has 0 radical (unpaired) electrons. The number of ether oxygens (including phenoxy) is 1. The Morgan fingerprint density at radius 1 is 1.09 bits per heavy atom. The van der Waals surface area contributed by atoms with Gasteiger partial charge in [0.25, 0.3) is 5.91 Å². The number of aromatic nitrogens is 3. The Bertz CT molecular complexity index is 1370. The van der Waals surface area contributed by atoms with E-state index in [9.17, 15) is 4.79 Å². The lowest BCUT2D eigenvalue weighted by Crippen LogP contribution is -2.35. The van der Waals surface area contributed by atoms with Gasteiger partial charge in [-0.05, 0) is 47.9 Å². The van der Waals surface area contributed by atoms with Gasteiger partial charge < -0.3 is 15.4 Å². The van der Waals surface area contributed by atoms with Crippen LogP contribution >= 0.6 is 0 Å². The molecule has 34 heavy (non-hydrogen) atoms. The monoisotopic (exact) mass is 454 g/mol. The van der Waals surface area contributed by atoms with Gasteiger partial charge in [-0.15, -0.1) is 0 Å². The third-order valence-electron chi connectivity index (χ3n) is 6.51. The second-order valence-electron chi connectivity index (χ2n) is 8.84. The molecule has 0 unspecified atom stereocenters. The zero-order valence-electron chi connectivity index (χ0n) is 19.0. The van der Waals surface area contributed by atoms with Crippen LogP contribution < -0.4 is 10.6 Å². The molecule has 8 heteroatoms. The molecule has 2 N–H and O–H groups in total. The second-order valence-corrected chi connectivity index (χ2v) is 8.84. The Labute approximate surface area is 197 Å². The number of imidazole rings is 1. The molecule has 1 fully saturated rings. The Morgan fingerprint density at radius 3 is 2.79 bits per heavy atom. The number of anilines is 2. The molecule has 8 nitrogen and oxygen atoms in total. The quantitative estimate of drug-likeness (QED) is 0.480. The summed E-state index contributed by atoms with van der Waals surface area (Å²) in [5, 5.41) is 6.34. The average molecular weight is 455 g/mol. The van der Waals surface area contributed by atoms with Gasteiger partial charge in [0, 0.05) is 44.1 Å². The smallest absolute Gasteiger partial charge is 0.254 e. The molecule has 0 spiro atoms. The van der Waals surface area contributed by atoms with Crippen molar-refractivity contribution >= 4 is 23.1 Å². The van der Waals surface area contributed by atoms with Crippen LogP contribution in [-0.2, 0) is 17.8 Å². The first-order valence-electron chi connectivity index (χ1n) is 11.6. The highest BCUT2D eigenvalue weighted by Crippen LogP contribution is 2.35. The summed E-state index contributed by atoms with van der Waals surface area (Å²) < 4.78 is 7.48. The standard InChI is InChI=1S/C26H26N6O2/c1-17-6-7-32-22(15-28-24(32)12-17)19-3-4-21(25-20(19)14-29-26(25)33)30-23-5-2-18(13-27-23)16-31-8-10-34-11-9-31/h2-7,12-13,15H,8-11,14,16H2,1H3,(H,27,30)(H,29,33). The van der Waals surface area contributed by atoms with Crippen LogP contribution in [0.25, 0.3) is 16.9 Å². The predicted molar refractivity (Wildman–Crippen MR) is 130 cm³/mol. The van der Waals surface area contributed by atoms with Crippen molar-refractivity contribution in [3.63, 3.8) is 0 Å². The molecule has 172 valence electrons. The van der Waals surface area contributed by atoms with Gasteiger partial charge in [-0.2, -0.15) is 0 Å². The minimum absolute atomic E-state index is 0.0760. The van der Waals surface area contributed by atoms with E-state index in [4.69, 9.17) is 4.74 Å². The van der Waals surface area contributed by atoms with Crippen molar-refractivity contribution in [1.82, 2.24) is 24.6 Å². The van der Waals surface area contributed by atoms with Crippen molar-refractivity contribution in [3.05, 3.63) is 77.2 Å². The first kappa shape index (κ1) is 20.8. The largest absolute Gasteiger partial charge is 0.379 e. The molecular formula is C26H26N6O2. The zero-order valence-corrected chi connectivity index (χ0v) is 19.0. The van der Waals surface area contributed by atoms with E-state index in [-0.39, 0.29) is 5.91 Å². The van der Waals surface area contributed by atoms with Crippen LogP contribution in [0.2, 0.25) is 0 Å². The number of nitrogens with one attached hydrogen (secondary N) is 2. The lowest BCUT2D eigenvalue weighted by molar-refractivity contribution is 0.0341. The number of pyridine rings is 2. The maximum atomic E-state index is 12.8. The zero-order chi connectivity index (χ0) is 23.1. The first-order valence-corrected chi connectivity index (χ1v) is 11.6. The number of nitrogens with zero attached hydrogens (tertiary/aromatic N) is 4. The van der Waals surface area contributed by atoms with E-state index in [1.807, 2.05) is 30.7 Å². The SMILES string of the molecule is Cc1ccn2c(-c3ccc(Nc4ccc(CN5CCOCC5)cn4)c4c3CNC4=O)cnc2c1. The summed E-state index contributed by atoms with van der Waals surface area (Å²) in [6, 6.07) is 12.2. The number of amides is 1. The molecule has 2 aliphatic rings. The summed E-state index contributed by atoms with van der Waals surface area (Å²) in [6.07, 6.45) is 5.79. The predicted octanol–water partition coefficient (Wildman–Crippen LogP) is 3.52. The third-order valence-corrected chi connectivity index (χ3v) is 6.51. The fraction of sp³-hybridized carbons (Fsp3) is 0.269. The molecule has 6 rings (SSSR count). The summed E-state index contributed by atoms with van der Waals surface area (Å²) >= 11 is 0. The summed E-state index contributed by atoms with van der Waals surface area (Å²) in [4.78, 5) is 24.3. The summed E-state index contributed by atoms with van der Waals surface area (Å²) in [7, 11) is 0. The van der Waals surface area contributed by atoms with Crippen molar-refractivity contribution in [3.8, 4) is 11.3 Å². The normalized spacial score (nSPS) is 16.0. The van der Waals surface area contributed by atoms with Gasteiger partial charge in [0.1, 0.15) is 11.5 Å². The molecule has 5 heterocycles. The number of benzene rings is 1. The molecule has 1 aromatic carbocycles. The molecule has 1 saturated heterocycles. The van der Waals surface area contributed by atoms with Gasteiger partial charge in [0.2, 0.25) is 0 Å². The summed E-state index contributed by atoms with van der Waals surface area (Å²) in [6.45, 7) is 6.86. The maximum absolute atomic E-state index is 12.8. The number of hydrogen-bond donors (Lipinski definition) is 2. The highest BCUT2D eigenvalue weighted by molar-refractivity contribution is 6.06. The highest BCUT2D eigenvalue weighted by atomic mass is 16.5. The van der Waals surface area contributed by atoms with Crippen LogP contribution in [0, 0.1) is 6.92 Å². The number of carbonyl (C=O) groups is 1. The maximum Gasteiger partial charge on any atom is 0.254 e. The summed E-state index contributed by atoms with van der Waals surface area (Å²) in [5.74, 6) is 0.638. The number of hydrogen-bond acceptors (Lipinski definition) is 6. The average Bonchev–Trinajstić information content (AvgIpc) is 3.45. The van der Waals surface area contributed by atoms with Crippen molar-refractivity contribution in [2.75, 3.05) is 31.6 Å². The van der Waals surface area contributed by atoms with Crippen LogP contribution in [0.15, 0.2) is 55.0 Å². The minimum atomic E-state index is -0.0760. The fourth-order valence-electron chi connectivity index (χ4n) is 4.72. The van der Waals surface area contributed by atoms with E-state index >= 15 is 0 Å². The van der Waals surface area contributed by atoms with Gasteiger partial charge in [-0.3, -0.25) is 14.1 Å². The molecule has 2 aliphatic heterocycles. The van der Waals surface area contributed by atoms with E-state index in [0.717, 1.165) is 72.1 Å². The lowest BCUT2D eigenvalue weighted by Gasteiger charge is -2.26. The second kappa shape index (κ2) is 8.55. The van der Waals surface area contributed by atoms with E-state index in [1.54, 1.807) is 0 Å². The van der Waals surface area contributed by atoms with Gasteiger partial charge in [0.05, 0.1) is 36.4 Å². The third kappa shape index (κ3) is 3.81. The number of morpholine rings is 1. The molecular weight excluding hydrogens is 428 g/mol. The number of fused-ring (bicyclic) bond motifs is 2. The Hall–Kier alpha value is -3.75. The van der Waals surface area contributed by atoms with Crippen molar-refractivity contribution in [2.45, 2.75) is 20.0 Å². The van der Waals surface area contributed by atoms with E-state index in [1.165, 1.54) is 0 Å². The van der Waals surface area contributed by atoms with Crippen LogP contribution in [0.3, 0.4) is 0 Å². The van der Waals surface area contributed by atoms with Gasteiger partial charge in [-0.1, -0.05) is 12.1 Å². The van der Waals surface area contributed by atoms with Crippen LogP contribution in [0.1, 0.15) is 27.0 Å². The first-order chi connectivity index (χ1) is 16.7. The molecule has 1 amide bonds. The highest BCUT2D eigenvalue weighted by Gasteiger charge is 2.27. The van der Waals surface area contributed by atoms with E-state index in [2.05, 4.69) is 61.1 Å². The van der Waals surface area contributed by atoms with E-state index < -0.39 is 0 Å². The number of rotatable bonds is 5. The van der Waals surface area contributed by atoms with Gasteiger partial charge >= 0.3 is 0 Å².